The molecule has 3 aromatic rings. The van der Waals surface area contributed by atoms with Gasteiger partial charge in [0, 0.05) is 12.1 Å². The van der Waals surface area contributed by atoms with Gasteiger partial charge in [0.1, 0.15) is 5.84 Å². The maximum absolute atomic E-state index is 14.7. The second-order valence-electron chi connectivity index (χ2n) is 13.6. The summed E-state index contributed by atoms with van der Waals surface area (Å²) in [4.78, 5) is 16.1. The van der Waals surface area contributed by atoms with Gasteiger partial charge in [0.15, 0.2) is 0 Å². The number of amidine groups is 1. The zero-order chi connectivity index (χ0) is 35.3. The van der Waals surface area contributed by atoms with Gasteiger partial charge in [0.2, 0.25) is 0 Å². The number of benzene rings is 3. The van der Waals surface area contributed by atoms with E-state index in [2.05, 4.69) is 41.5 Å². The lowest BCUT2D eigenvalue weighted by atomic mass is 9.93. The van der Waals surface area contributed by atoms with Gasteiger partial charge in [-0.05, 0) is 96.2 Å². The molecule has 1 heterocycles. The van der Waals surface area contributed by atoms with Crippen molar-refractivity contribution >= 4 is 41.4 Å². The Morgan fingerprint density at radius 2 is 1.45 bits per heavy atom. The third-order valence-corrected chi connectivity index (χ3v) is 18.5. The van der Waals surface area contributed by atoms with Crippen LogP contribution >= 0.6 is 0 Å². The van der Waals surface area contributed by atoms with Crippen molar-refractivity contribution in [1.29, 1.82) is 0 Å². The number of halogens is 3. The molecule has 1 aliphatic rings. The Balaban J connectivity index is 2.18. The molecule has 0 amide bonds. The molecule has 3 aromatic carbocycles. The largest absolute Gasteiger partial charge is 0.416 e. The first kappa shape index (κ1) is 36.1. The van der Waals surface area contributed by atoms with Gasteiger partial charge >= 0.3 is 6.18 Å². The molecule has 0 radical (unpaired) electrons. The number of fused-ring (bicyclic) bond motifs is 1. The van der Waals surface area contributed by atoms with E-state index in [-0.39, 0.29) is 38.7 Å². The van der Waals surface area contributed by atoms with Crippen molar-refractivity contribution in [2.24, 2.45) is 4.99 Å². The zero-order valence-electron chi connectivity index (χ0n) is 28.2. The summed E-state index contributed by atoms with van der Waals surface area (Å²) in [6, 6.07) is 15.6. The fraction of sp³-hybridized carbons (Fsp3) is 0.400. The van der Waals surface area contributed by atoms with Crippen LogP contribution in [0.4, 0.5) is 24.5 Å². The van der Waals surface area contributed by atoms with Gasteiger partial charge in [-0.1, -0.05) is 65.3 Å². The molecule has 0 atom stereocenters. The third-order valence-electron chi connectivity index (χ3n) is 9.43. The molecule has 0 fully saturated rings. The van der Waals surface area contributed by atoms with Gasteiger partial charge in [0.25, 0.3) is 15.7 Å². The predicted octanol–water partition coefficient (Wildman–Crippen LogP) is 10.2. The summed E-state index contributed by atoms with van der Waals surface area (Å²) >= 11 is 0. The number of hydrogen-bond donors (Lipinski definition) is 0. The lowest BCUT2D eigenvalue weighted by Gasteiger charge is -2.47. The molecule has 252 valence electrons. The Bertz CT molecular complexity index is 1810. The quantitative estimate of drug-likeness (QED) is 0.0776. The van der Waals surface area contributed by atoms with Crippen molar-refractivity contribution in [3.63, 3.8) is 0 Å². The van der Waals surface area contributed by atoms with Crippen LogP contribution < -0.4 is 0 Å². The minimum absolute atomic E-state index is 0.0719. The Kier molecular flexibility index (Phi) is 9.73. The zero-order valence-corrected chi connectivity index (χ0v) is 30.0. The van der Waals surface area contributed by atoms with Gasteiger partial charge in [0.05, 0.1) is 34.7 Å². The summed E-state index contributed by atoms with van der Waals surface area (Å²) in [5, 5.41) is 12.1. The molecular weight excluding hydrogens is 644 g/mol. The van der Waals surface area contributed by atoms with Gasteiger partial charge in [-0.2, -0.15) is 13.2 Å². The number of non-ortho nitro benzene ring substituents is 1. The van der Waals surface area contributed by atoms with Crippen LogP contribution in [0.2, 0.25) is 16.6 Å². The minimum atomic E-state index is -4.55. The summed E-state index contributed by atoms with van der Waals surface area (Å²) in [6.45, 7) is 18.2. The topological polar surface area (TPSA) is 92.9 Å². The highest BCUT2D eigenvalue weighted by Crippen LogP contribution is 2.52. The highest BCUT2D eigenvalue weighted by Gasteiger charge is 2.55. The average molecular weight is 686 g/mol. The van der Waals surface area contributed by atoms with E-state index in [1.54, 1.807) is 24.3 Å². The maximum Gasteiger partial charge on any atom is 0.416 e. The number of alkyl halides is 3. The number of nitrogens with zero attached hydrogens (tertiary/aromatic N) is 3. The van der Waals surface area contributed by atoms with Crippen molar-refractivity contribution in [2.75, 3.05) is 0 Å². The van der Waals surface area contributed by atoms with Crippen LogP contribution in [0.5, 0.6) is 0 Å². The summed E-state index contributed by atoms with van der Waals surface area (Å²) in [5.74, 6) is 0.143. The van der Waals surface area contributed by atoms with Gasteiger partial charge in [-0.25, -0.2) is 17.7 Å². The van der Waals surface area contributed by atoms with Crippen LogP contribution in [0.1, 0.15) is 77.6 Å². The SMILES string of the molecule is Cc1ccc2c(c1)C(C)(C)N(C(=Nc1ccc(C(F)(F)F)cc1)/C(=C\c1ccc([N+](=O)[O-])cc1)[Si](C(C)C)(C(C)C)C(C)C)S2(=O)=O. The fourth-order valence-electron chi connectivity index (χ4n) is 7.47. The van der Waals surface area contributed by atoms with E-state index in [4.69, 9.17) is 4.99 Å². The Morgan fingerprint density at radius 3 is 1.91 bits per heavy atom. The second-order valence-corrected chi connectivity index (χ2v) is 21.2. The molecule has 1 aliphatic heterocycles. The van der Waals surface area contributed by atoms with Gasteiger partial charge in [-0.3, -0.25) is 10.1 Å². The molecule has 0 unspecified atom stereocenters. The summed E-state index contributed by atoms with van der Waals surface area (Å²) in [5.41, 5.74) is 0.429. The maximum atomic E-state index is 14.7. The fourth-order valence-corrected chi connectivity index (χ4v) is 16.5. The van der Waals surface area contributed by atoms with E-state index in [0.29, 0.717) is 16.3 Å². The molecule has 0 bridgehead atoms. The number of nitro benzene ring substituents is 1. The molecule has 0 spiro atoms. The predicted molar refractivity (Wildman–Crippen MR) is 184 cm³/mol. The smallest absolute Gasteiger partial charge is 0.258 e. The van der Waals surface area contributed by atoms with Crippen LogP contribution in [0.25, 0.3) is 6.08 Å². The van der Waals surface area contributed by atoms with E-state index in [1.165, 1.54) is 28.6 Å². The first-order valence-corrected chi connectivity index (χ1v) is 19.2. The number of hydrogen-bond acceptors (Lipinski definition) is 5. The Hall–Kier alpha value is -3.77. The van der Waals surface area contributed by atoms with Crippen LogP contribution in [-0.2, 0) is 21.7 Å². The monoisotopic (exact) mass is 685 g/mol. The lowest BCUT2D eigenvalue weighted by molar-refractivity contribution is -0.384. The van der Waals surface area contributed by atoms with Crippen molar-refractivity contribution in [2.45, 2.75) is 95.5 Å². The molecule has 0 aliphatic carbocycles. The number of aliphatic imine (C=N–C) groups is 1. The first-order chi connectivity index (χ1) is 21.7. The Labute approximate surface area is 276 Å². The van der Waals surface area contributed by atoms with Crippen LogP contribution in [0.15, 0.2) is 81.8 Å². The number of rotatable bonds is 8. The summed E-state index contributed by atoms with van der Waals surface area (Å²) in [7, 11) is -7.03. The third kappa shape index (κ3) is 6.41. The lowest BCUT2D eigenvalue weighted by Crippen LogP contribution is -2.54. The normalized spacial score (nSPS) is 16.7. The molecule has 0 saturated carbocycles. The molecule has 0 N–H and O–H groups in total. The van der Waals surface area contributed by atoms with Crippen molar-refractivity contribution in [3.8, 4) is 0 Å². The van der Waals surface area contributed by atoms with E-state index >= 15 is 0 Å². The molecular formula is C35H42F3N3O4SSi. The molecule has 4 rings (SSSR count). The van der Waals surface area contributed by atoms with E-state index in [0.717, 1.165) is 17.7 Å². The van der Waals surface area contributed by atoms with Crippen molar-refractivity contribution in [3.05, 3.63) is 104 Å². The molecule has 0 aromatic heterocycles. The molecule has 47 heavy (non-hydrogen) atoms. The Morgan fingerprint density at radius 1 is 0.915 bits per heavy atom. The number of nitro groups is 1. The van der Waals surface area contributed by atoms with Gasteiger partial charge < -0.3 is 0 Å². The summed E-state index contributed by atoms with van der Waals surface area (Å²) in [6.07, 6.45) is -2.67. The minimum Gasteiger partial charge on any atom is -0.258 e. The standard InChI is InChI=1S/C35H42F3N3O4SSi/c1-22(2)47(23(3)4,24(5)6)32(21-26-11-17-29(18-12-26)41(42)43)33(39-28-15-13-27(14-16-28)35(36,37)38)40-34(8,9)30-20-25(7)10-19-31(30)46(40,44)45/h10-24H,1-9H3/b32-21+,39-33?. The number of aryl methyl sites for hydroxylation is 1. The highest BCUT2D eigenvalue weighted by molar-refractivity contribution is 7.90. The van der Waals surface area contributed by atoms with Crippen molar-refractivity contribution < 1.29 is 26.5 Å². The molecule has 7 nitrogen and oxygen atoms in total. The van der Waals surface area contributed by atoms with Crippen LogP contribution in [0.3, 0.4) is 0 Å². The van der Waals surface area contributed by atoms with E-state index in [1.807, 2.05) is 32.9 Å². The van der Waals surface area contributed by atoms with Crippen molar-refractivity contribution in [1.82, 2.24) is 4.31 Å². The summed E-state index contributed by atoms with van der Waals surface area (Å²) < 4.78 is 71.2. The average Bonchev–Trinajstić information content (AvgIpc) is 3.11. The second kappa shape index (κ2) is 12.7. The van der Waals surface area contributed by atoms with Crippen LogP contribution in [0, 0.1) is 17.0 Å². The molecule has 0 saturated heterocycles. The first-order valence-electron chi connectivity index (χ1n) is 15.6. The number of sulfonamides is 1. The molecule has 12 heteroatoms. The van der Waals surface area contributed by atoms with Crippen LogP contribution in [-0.4, -0.2) is 31.6 Å². The van der Waals surface area contributed by atoms with E-state index in [9.17, 15) is 31.7 Å². The van der Waals surface area contributed by atoms with E-state index < -0.39 is 40.3 Å². The van der Waals surface area contributed by atoms with Gasteiger partial charge in [-0.15, -0.1) is 0 Å². The highest BCUT2D eigenvalue weighted by atomic mass is 32.2.